The monoisotopic (exact) mass is 338 g/mol. The molecule has 0 saturated heterocycles. The normalized spacial score (nSPS) is 10.9. The second-order valence-corrected chi connectivity index (χ2v) is 5.48. The number of carbonyl (C=O) groups excluding carboxylic acids is 1. The van der Waals surface area contributed by atoms with Crippen molar-refractivity contribution < 1.29 is 4.79 Å². The average Bonchev–Trinajstić information content (AvgIpc) is 3.10. The Balaban J connectivity index is 1.73. The number of nitrogens with one attached hydrogen (secondary N) is 1. The van der Waals surface area contributed by atoms with Gasteiger partial charge in [-0.25, -0.2) is 0 Å². The number of pyridine rings is 1. The lowest BCUT2D eigenvalue weighted by atomic mass is 10.2. The van der Waals surface area contributed by atoms with E-state index in [-0.39, 0.29) is 5.91 Å². The molecule has 1 N–H and O–H groups in total. The molecule has 0 aliphatic rings. The Labute approximate surface area is 142 Å². The van der Waals surface area contributed by atoms with Crippen molar-refractivity contribution in [2.45, 2.75) is 5.16 Å². The molecule has 0 bridgehead atoms. The van der Waals surface area contributed by atoms with Crippen LogP contribution in [-0.4, -0.2) is 37.4 Å². The summed E-state index contributed by atoms with van der Waals surface area (Å²) in [6, 6.07) is 12.8. The summed E-state index contributed by atoms with van der Waals surface area (Å²) < 4.78 is 1.62. The summed E-state index contributed by atoms with van der Waals surface area (Å²) in [5.41, 5.74) is 2.15. The van der Waals surface area contributed by atoms with Gasteiger partial charge in [-0.15, -0.1) is 5.10 Å². The second kappa shape index (κ2) is 7.51. The SMILES string of the molecule is CSc1nnnn1-c1cccc(NC(=O)/C=C/c2ccccn2)c1. The molecule has 0 aliphatic heterocycles. The number of amides is 1. The standard InChI is InChI=1S/C16H14N6OS/c1-24-16-19-20-21-22(16)14-7-4-6-13(11-14)18-15(23)9-8-12-5-2-3-10-17-12/h2-11H,1H3,(H,18,23)/b9-8+. The van der Waals surface area contributed by atoms with Gasteiger partial charge in [0.25, 0.3) is 0 Å². The van der Waals surface area contributed by atoms with E-state index in [2.05, 4.69) is 25.8 Å². The number of thioether (sulfide) groups is 1. The maximum atomic E-state index is 12.0. The number of tetrazole rings is 1. The van der Waals surface area contributed by atoms with Crippen LogP contribution in [-0.2, 0) is 4.79 Å². The van der Waals surface area contributed by atoms with Crippen LogP contribution in [0.5, 0.6) is 0 Å². The first kappa shape index (κ1) is 15.9. The van der Waals surface area contributed by atoms with Gasteiger partial charge < -0.3 is 5.32 Å². The van der Waals surface area contributed by atoms with Gasteiger partial charge in [0.2, 0.25) is 11.1 Å². The molecule has 3 aromatic rings. The van der Waals surface area contributed by atoms with Gasteiger partial charge in [-0.2, -0.15) is 4.68 Å². The van der Waals surface area contributed by atoms with E-state index in [1.165, 1.54) is 17.8 Å². The lowest BCUT2D eigenvalue weighted by Crippen LogP contribution is -2.08. The van der Waals surface area contributed by atoms with Crippen molar-refractivity contribution in [2.75, 3.05) is 11.6 Å². The number of rotatable bonds is 5. The molecule has 7 nitrogen and oxygen atoms in total. The Bertz CT molecular complexity index is 862. The van der Waals surface area contributed by atoms with Crippen LogP contribution in [0.25, 0.3) is 11.8 Å². The first-order valence-corrected chi connectivity index (χ1v) is 8.31. The van der Waals surface area contributed by atoms with Crippen molar-refractivity contribution in [3.8, 4) is 5.69 Å². The summed E-state index contributed by atoms with van der Waals surface area (Å²) in [6.45, 7) is 0. The number of hydrogen-bond donors (Lipinski definition) is 1. The maximum Gasteiger partial charge on any atom is 0.248 e. The Morgan fingerprint density at radius 2 is 2.17 bits per heavy atom. The van der Waals surface area contributed by atoms with Crippen LogP contribution >= 0.6 is 11.8 Å². The van der Waals surface area contributed by atoms with Gasteiger partial charge >= 0.3 is 0 Å². The minimum atomic E-state index is -0.236. The lowest BCUT2D eigenvalue weighted by molar-refractivity contribution is -0.111. The zero-order valence-electron chi connectivity index (χ0n) is 12.8. The Kier molecular flexibility index (Phi) is 4.97. The quantitative estimate of drug-likeness (QED) is 0.568. The summed E-state index contributed by atoms with van der Waals surface area (Å²) >= 11 is 1.44. The fourth-order valence-electron chi connectivity index (χ4n) is 2.00. The van der Waals surface area contributed by atoms with Crippen LogP contribution in [0.15, 0.2) is 59.9 Å². The van der Waals surface area contributed by atoms with Crippen LogP contribution in [0, 0.1) is 0 Å². The summed E-state index contributed by atoms with van der Waals surface area (Å²) in [5.74, 6) is -0.236. The molecule has 2 heterocycles. The minimum Gasteiger partial charge on any atom is -0.322 e. The number of aromatic nitrogens is 5. The Hall–Kier alpha value is -3.00. The summed E-state index contributed by atoms with van der Waals surface area (Å²) in [4.78, 5) is 16.2. The molecule has 24 heavy (non-hydrogen) atoms. The number of hydrogen-bond acceptors (Lipinski definition) is 6. The van der Waals surface area contributed by atoms with Crippen LogP contribution in [0.3, 0.4) is 0 Å². The lowest BCUT2D eigenvalue weighted by Gasteiger charge is -2.06. The molecular formula is C16H14N6OS. The molecule has 0 atom stereocenters. The van der Waals surface area contributed by atoms with Crippen LogP contribution in [0.2, 0.25) is 0 Å². The van der Waals surface area contributed by atoms with Gasteiger partial charge in [-0.1, -0.05) is 23.9 Å². The highest BCUT2D eigenvalue weighted by Gasteiger charge is 2.08. The van der Waals surface area contributed by atoms with Crippen molar-refractivity contribution in [1.29, 1.82) is 0 Å². The van der Waals surface area contributed by atoms with E-state index in [4.69, 9.17) is 0 Å². The molecule has 0 spiro atoms. The third-order valence-corrected chi connectivity index (χ3v) is 3.69. The maximum absolute atomic E-state index is 12.0. The van der Waals surface area contributed by atoms with Crippen LogP contribution < -0.4 is 5.32 Å². The molecular weight excluding hydrogens is 324 g/mol. The molecule has 2 aromatic heterocycles. The van der Waals surface area contributed by atoms with Crippen molar-refractivity contribution >= 4 is 29.4 Å². The molecule has 0 saturated carbocycles. The highest BCUT2D eigenvalue weighted by atomic mass is 32.2. The highest BCUT2D eigenvalue weighted by molar-refractivity contribution is 7.98. The zero-order valence-corrected chi connectivity index (χ0v) is 13.6. The fourth-order valence-corrected chi connectivity index (χ4v) is 2.44. The summed E-state index contributed by atoms with van der Waals surface area (Å²) in [6.07, 6.45) is 6.68. The van der Waals surface area contributed by atoms with E-state index in [1.807, 2.05) is 42.7 Å². The van der Waals surface area contributed by atoms with E-state index in [0.29, 0.717) is 10.8 Å². The van der Waals surface area contributed by atoms with Crippen LogP contribution in [0.4, 0.5) is 5.69 Å². The average molecular weight is 338 g/mol. The van der Waals surface area contributed by atoms with Gasteiger partial charge in [0.05, 0.1) is 11.4 Å². The molecule has 0 aliphatic carbocycles. The van der Waals surface area contributed by atoms with Gasteiger partial charge in [-0.3, -0.25) is 9.78 Å². The Morgan fingerprint density at radius 3 is 2.96 bits per heavy atom. The number of carbonyl (C=O) groups is 1. The molecule has 3 rings (SSSR count). The molecule has 1 amide bonds. The molecule has 0 radical (unpaired) electrons. The smallest absolute Gasteiger partial charge is 0.248 e. The number of nitrogens with zero attached hydrogens (tertiary/aromatic N) is 5. The summed E-state index contributed by atoms with van der Waals surface area (Å²) in [7, 11) is 0. The molecule has 1 aromatic carbocycles. The first-order chi connectivity index (χ1) is 11.8. The fraction of sp³-hybridized carbons (Fsp3) is 0.0625. The van der Waals surface area contributed by atoms with Gasteiger partial charge in [-0.05, 0) is 53.1 Å². The van der Waals surface area contributed by atoms with E-state index in [9.17, 15) is 4.79 Å². The third kappa shape index (κ3) is 3.85. The topological polar surface area (TPSA) is 85.6 Å². The predicted octanol–water partition coefficient (Wildman–Crippen LogP) is 2.43. The minimum absolute atomic E-state index is 0.236. The number of anilines is 1. The van der Waals surface area contributed by atoms with E-state index in [0.717, 1.165) is 11.4 Å². The van der Waals surface area contributed by atoms with Crippen molar-refractivity contribution in [3.63, 3.8) is 0 Å². The van der Waals surface area contributed by atoms with E-state index in [1.54, 1.807) is 23.0 Å². The largest absolute Gasteiger partial charge is 0.322 e. The van der Waals surface area contributed by atoms with Crippen molar-refractivity contribution in [2.24, 2.45) is 0 Å². The van der Waals surface area contributed by atoms with E-state index >= 15 is 0 Å². The molecule has 120 valence electrons. The molecule has 8 heteroatoms. The predicted molar refractivity (Wildman–Crippen MR) is 92.8 cm³/mol. The molecule has 0 unspecified atom stereocenters. The first-order valence-electron chi connectivity index (χ1n) is 7.09. The van der Waals surface area contributed by atoms with Gasteiger partial charge in [0, 0.05) is 18.0 Å². The highest BCUT2D eigenvalue weighted by Crippen LogP contribution is 2.18. The van der Waals surface area contributed by atoms with Crippen molar-refractivity contribution in [1.82, 2.24) is 25.2 Å². The van der Waals surface area contributed by atoms with Crippen LogP contribution in [0.1, 0.15) is 5.69 Å². The number of benzene rings is 1. The van der Waals surface area contributed by atoms with Crippen molar-refractivity contribution in [3.05, 3.63) is 60.4 Å². The summed E-state index contributed by atoms with van der Waals surface area (Å²) in [5, 5.41) is 15.0. The van der Waals surface area contributed by atoms with E-state index < -0.39 is 0 Å². The zero-order chi connectivity index (χ0) is 16.8. The third-order valence-electron chi connectivity index (χ3n) is 3.07. The second-order valence-electron chi connectivity index (χ2n) is 4.70. The van der Waals surface area contributed by atoms with Gasteiger partial charge in [0.15, 0.2) is 0 Å². The molecule has 0 fully saturated rings. The van der Waals surface area contributed by atoms with Gasteiger partial charge in [0.1, 0.15) is 0 Å². The Morgan fingerprint density at radius 1 is 1.25 bits per heavy atom.